The predicted molar refractivity (Wildman–Crippen MR) is 201 cm³/mol. The fourth-order valence-electron chi connectivity index (χ4n) is 5.89. The Labute approximate surface area is 297 Å². The second kappa shape index (κ2) is 32.2. The first kappa shape index (κ1) is 47.2. The van der Waals surface area contributed by atoms with Crippen molar-refractivity contribution in [2.75, 3.05) is 40.9 Å². The molecule has 0 aliphatic carbocycles. The number of phosphoric ester groups is 1. The van der Waals surface area contributed by atoms with Gasteiger partial charge in [-0.3, -0.25) is 9.36 Å². The highest BCUT2D eigenvalue weighted by molar-refractivity contribution is 7.45. The summed E-state index contributed by atoms with van der Waals surface area (Å²) >= 11 is 0. The van der Waals surface area contributed by atoms with Gasteiger partial charge in [0.1, 0.15) is 13.2 Å². The summed E-state index contributed by atoms with van der Waals surface area (Å²) in [6, 6.07) is -0.882. The molecule has 0 saturated carbocycles. The van der Waals surface area contributed by atoms with Gasteiger partial charge in [0, 0.05) is 6.92 Å². The van der Waals surface area contributed by atoms with Gasteiger partial charge in [0.2, 0.25) is 5.91 Å². The lowest BCUT2D eigenvalue weighted by molar-refractivity contribution is -0.870. The molecule has 0 bridgehead atoms. The Morgan fingerprint density at radius 1 is 0.708 bits per heavy atom. The van der Waals surface area contributed by atoms with Crippen molar-refractivity contribution in [1.29, 1.82) is 0 Å². The third kappa shape index (κ3) is 35.1. The molecule has 0 spiro atoms. The van der Waals surface area contributed by atoms with E-state index in [1.807, 2.05) is 27.2 Å². The third-order valence-corrected chi connectivity index (χ3v) is 10.00. The average Bonchev–Trinajstić information content (AvgIpc) is 3.01. The lowest BCUT2D eigenvalue weighted by atomic mass is 10.0. The van der Waals surface area contributed by atoms with Crippen LogP contribution in [0.4, 0.5) is 0 Å². The van der Waals surface area contributed by atoms with Crippen molar-refractivity contribution in [2.24, 2.45) is 0 Å². The second-order valence-corrected chi connectivity index (χ2v) is 16.5. The van der Waals surface area contributed by atoms with E-state index in [9.17, 15) is 19.4 Å². The number of phosphoric acid groups is 1. The van der Waals surface area contributed by atoms with Crippen LogP contribution < -0.4 is 10.2 Å². The first-order chi connectivity index (χ1) is 23.0. The topological polar surface area (TPSA) is 108 Å². The van der Waals surface area contributed by atoms with Crippen molar-refractivity contribution in [3.05, 3.63) is 12.2 Å². The second-order valence-electron chi connectivity index (χ2n) is 15.1. The molecule has 8 nitrogen and oxygen atoms in total. The largest absolute Gasteiger partial charge is 0.756 e. The molecule has 48 heavy (non-hydrogen) atoms. The number of nitrogens with zero attached hydrogens (tertiary/aromatic N) is 1. The van der Waals surface area contributed by atoms with E-state index in [4.69, 9.17) is 9.05 Å². The fourth-order valence-corrected chi connectivity index (χ4v) is 6.62. The van der Waals surface area contributed by atoms with Crippen LogP contribution in [-0.4, -0.2) is 68.5 Å². The van der Waals surface area contributed by atoms with Gasteiger partial charge in [-0.05, 0) is 12.8 Å². The van der Waals surface area contributed by atoms with Crippen molar-refractivity contribution < 1.29 is 32.9 Å². The number of nitrogens with one attached hydrogen (secondary N) is 1. The number of carbonyl (C=O) groups is 1. The van der Waals surface area contributed by atoms with E-state index in [1.165, 1.54) is 155 Å². The van der Waals surface area contributed by atoms with Gasteiger partial charge >= 0.3 is 0 Å². The van der Waals surface area contributed by atoms with Crippen LogP contribution >= 0.6 is 7.82 Å². The number of aliphatic hydroxyl groups excluding tert-OH is 1. The standard InChI is InChI=1S/C39H79N2O6P/c1-6-7-8-9-10-11-12-13-14-15-16-17-18-19-20-21-22-23-24-25-26-27-28-29-30-31-32-33-39(43)38(40-37(2)42)36-47-48(44,45)46-35-34-41(3,4)5/h32-33,38-39,43H,6-31,34-36H2,1-5H3,(H-,40,42,44,45)/b33-32+. The van der Waals surface area contributed by atoms with E-state index in [-0.39, 0.29) is 12.5 Å². The molecule has 0 aliphatic heterocycles. The van der Waals surface area contributed by atoms with E-state index >= 15 is 0 Å². The summed E-state index contributed by atoms with van der Waals surface area (Å²) in [5.41, 5.74) is 0. The molecule has 9 heteroatoms. The Balaban J connectivity index is 3.65. The van der Waals surface area contributed by atoms with Crippen LogP contribution in [0.5, 0.6) is 0 Å². The van der Waals surface area contributed by atoms with Crippen LogP contribution in [0.2, 0.25) is 0 Å². The molecule has 0 aromatic carbocycles. The van der Waals surface area contributed by atoms with Crippen LogP contribution in [0.1, 0.15) is 181 Å². The Kier molecular flexibility index (Phi) is 31.7. The molecular formula is C39H79N2O6P. The highest BCUT2D eigenvalue weighted by atomic mass is 31.2. The molecule has 0 rings (SSSR count). The molecule has 3 unspecified atom stereocenters. The highest BCUT2D eigenvalue weighted by Gasteiger charge is 2.22. The number of hydrogen-bond acceptors (Lipinski definition) is 6. The lowest BCUT2D eigenvalue weighted by Gasteiger charge is -2.29. The molecule has 286 valence electrons. The molecule has 0 heterocycles. The Bertz CT molecular complexity index is 804. The first-order valence-electron chi connectivity index (χ1n) is 20.0. The van der Waals surface area contributed by atoms with E-state index in [0.29, 0.717) is 11.0 Å². The normalized spacial score (nSPS) is 14.7. The zero-order valence-electron chi connectivity index (χ0n) is 32.2. The van der Waals surface area contributed by atoms with E-state index in [0.717, 1.165) is 19.3 Å². The average molecular weight is 703 g/mol. The number of rotatable bonds is 36. The number of quaternary nitrogens is 1. The van der Waals surface area contributed by atoms with Crippen molar-refractivity contribution in [3.8, 4) is 0 Å². The van der Waals surface area contributed by atoms with Gasteiger partial charge in [-0.1, -0.05) is 173 Å². The molecule has 3 atom stereocenters. The van der Waals surface area contributed by atoms with Gasteiger partial charge in [-0.2, -0.15) is 0 Å². The third-order valence-electron chi connectivity index (χ3n) is 9.03. The van der Waals surface area contributed by atoms with Crippen LogP contribution in [-0.2, 0) is 18.4 Å². The van der Waals surface area contributed by atoms with Crippen molar-refractivity contribution in [1.82, 2.24) is 5.32 Å². The maximum absolute atomic E-state index is 12.1. The van der Waals surface area contributed by atoms with Crippen LogP contribution in [0.25, 0.3) is 0 Å². The Hall–Kier alpha value is -0.760. The van der Waals surface area contributed by atoms with Crippen molar-refractivity contribution in [3.63, 3.8) is 0 Å². The highest BCUT2D eigenvalue weighted by Crippen LogP contribution is 2.38. The molecule has 0 saturated heterocycles. The van der Waals surface area contributed by atoms with Gasteiger partial charge in [0.25, 0.3) is 7.82 Å². The molecular weight excluding hydrogens is 623 g/mol. The molecule has 0 radical (unpaired) electrons. The van der Waals surface area contributed by atoms with Gasteiger partial charge < -0.3 is 28.8 Å². The van der Waals surface area contributed by atoms with Gasteiger partial charge in [-0.15, -0.1) is 0 Å². The zero-order valence-corrected chi connectivity index (χ0v) is 33.1. The van der Waals surface area contributed by atoms with Crippen LogP contribution in [0.3, 0.4) is 0 Å². The minimum atomic E-state index is -4.54. The van der Waals surface area contributed by atoms with Gasteiger partial charge in [-0.25, -0.2) is 0 Å². The molecule has 0 aliphatic rings. The van der Waals surface area contributed by atoms with Crippen LogP contribution in [0.15, 0.2) is 12.2 Å². The van der Waals surface area contributed by atoms with E-state index in [2.05, 4.69) is 12.2 Å². The smallest absolute Gasteiger partial charge is 0.268 e. The summed E-state index contributed by atoms with van der Waals surface area (Å²) < 4.78 is 22.5. The molecule has 2 N–H and O–H groups in total. The maximum Gasteiger partial charge on any atom is 0.268 e. The summed E-state index contributed by atoms with van der Waals surface area (Å²) in [5, 5.41) is 13.1. The van der Waals surface area contributed by atoms with E-state index in [1.54, 1.807) is 6.08 Å². The molecule has 0 aromatic heterocycles. The quantitative estimate of drug-likeness (QED) is 0.0291. The number of allylic oxidation sites excluding steroid dienone is 1. The lowest BCUT2D eigenvalue weighted by Crippen LogP contribution is -2.45. The summed E-state index contributed by atoms with van der Waals surface area (Å²) in [6.45, 7) is 3.71. The minimum absolute atomic E-state index is 0.00283. The number of likely N-dealkylation sites (N-methyl/N-ethyl adjacent to an activating group) is 1. The predicted octanol–water partition coefficient (Wildman–Crippen LogP) is 9.78. The van der Waals surface area contributed by atoms with Crippen molar-refractivity contribution >= 4 is 13.7 Å². The monoisotopic (exact) mass is 703 g/mol. The number of carbonyl (C=O) groups excluding carboxylic acids is 1. The summed E-state index contributed by atoms with van der Waals surface area (Å²) in [6.07, 6.45) is 37.7. The summed E-state index contributed by atoms with van der Waals surface area (Å²) in [7, 11) is 1.25. The van der Waals surface area contributed by atoms with Gasteiger partial charge in [0.15, 0.2) is 0 Å². The minimum Gasteiger partial charge on any atom is -0.756 e. The SMILES string of the molecule is CCCCCCCCCCCCCCCCCCCCCCCCCCC/C=C/C(O)C(COP(=O)([O-])OCC[N+](C)(C)C)NC(C)=O. The maximum atomic E-state index is 12.1. The van der Waals surface area contributed by atoms with E-state index < -0.39 is 26.6 Å². The fraction of sp³-hybridized carbons (Fsp3) is 0.923. The number of hydrogen-bond donors (Lipinski definition) is 2. The number of amides is 1. The van der Waals surface area contributed by atoms with Gasteiger partial charge in [0.05, 0.1) is 39.9 Å². The summed E-state index contributed by atoms with van der Waals surface area (Å²) in [4.78, 5) is 23.7. The van der Waals surface area contributed by atoms with Crippen LogP contribution in [0, 0.1) is 0 Å². The summed E-state index contributed by atoms with van der Waals surface area (Å²) in [5.74, 6) is -0.372. The van der Waals surface area contributed by atoms with Crippen molar-refractivity contribution in [2.45, 2.75) is 193 Å². The Morgan fingerprint density at radius 3 is 1.44 bits per heavy atom. The Morgan fingerprint density at radius 2 is 1.08 bits per heavy atom. The number of aliphatic hydroxyl groups is 1. The molecule has 0 aromatic rings. The molecule has 1 amide bonds. The number of unbranched alkanes of at least 4 members (excludes halogenated alkanes) is 25. The first-order valence-corrected chi connectivity index (χ1v) is 21.5. The molecule has 0 fully saturated rings. The zero-order chi connectivity index (χ0) is 35.8.